The number of rotatable bonds is 9. The third kappa shape index (κ3) is 5.02. The number of benzene rings is 1. The molecule has 0 N–H and O–H groups in total. The van der Waals surface area contributed by atoms with Gasteiger partial charge in [-0.3, -0.25) is 4.79 Å². The second kappa shape index (κ2) is 8.33. The Morgan fingerprint density at radius 1 is 1.35 bits per heavy atom. The van der Waals surface area contributed by atoms with Crippen molar-refractivity contribution in [3.63, 3.8) is 0 Å². The van der Waals surface area contributed by atoms with Gasteiger partial charge in [-0.15, -0.1) is 6.58 Å². The summed E-state index contributed by atoms with van der Waals surface area (Å²) in [5, 5.41) is 0. The van der Waals surface area contributed by atoms with Gasteiger partial charge in [-0.25, -0.2) is 0 Å². The van der Waals surface area contributed by atoms with Crippen LogP contribution in [0.1, 0.15) is 18.9 Å². The Balaban J connectivity index is 2.49. The molecule has 0 unspecified atom stereocenters. The van der Waals surface area contributed by atoms with E-state index in [4.69, 9.17) is 9.47 Å². The topological polar surface area (TPSA) is 35.5 Å². The van der Waals surface area contributed by atoms with E-state index >= 15 is 0 Å². The average Bonchev–Trinajstić information content (AvgIpc) is 2.50. The SMILES string of the molecule is C=C[C@@H](C[C@H](C)C(=C)C=O)OCc1ccc(OC)cc1. The molecule has 0 spiro atoms. The molecule has 3 nitrogen and oxygen atoms in total. The minimum absolute atomic E-state index is 0.0892. The Morgan fingerprint density at radius 2 is 2.00 bits per heavy atom. The predicted molar refractivity (Wildman–Crippen MR) is 80.8 cm³/mol. The maximum absolute atomic E-state index is 10.7. The Morgan fingerprint density at radius 3 is 2.50 bits per heavy atom. The van der Waals surface area contributed by atoms with E-state index < -0.39 is 0 Å². The van der Waals surface area contributed by atoms with Crippen molar-refractivity contribution in [1.29, 1.82) is 0 Å². The van der Waals surface area contributed by atoms with E-state index in [1.165, 1.54) is 0 Å². The van der Waals surface area contributed by atoms with Gasteiger partial charge in [0.05, 0.1) is 19.8 Å². The number of aldehydes is 1. The molecule has 108 valence electrons. The summed E-state index contributed by atoms with van der Waals surface area (Å²) in [5.74, 6) is 0.913. The second-order valence-corrected chi connectivity index (χ2v) is 4.76. The molecule has 0 aliphatic heterocycles. The van der Waals surface area contributed by atoms with E-state index in [-0.39, 0.29) is 12.0 Å². The van der Waals surface area contributed by atoms with Crippen LogP contribution in [-0.4, -0.2) is 19.5 Å². The van der Waals surface area contributed by atoms with Crippen molar-refractivity contribution in [3.8, 4) is 5.75 Å². The van der Waals surface area contributed by atoms with E-state index in [0.29, 0.717) is 18.6 Å². The van der Waals surface area contributed by atoms with Crippen molar-refractivity contribution < 1.29 is 14.3 Å². The maximum Gasteiger partial charge on any atom is 0.145 e. The minimum Gasteiger partial charge on any atom is -0.497 e. The van der Waals surface area contributed by atoms with Crippen molar-refractivity contribution in [2.45, 2.75) is 26.1 Å². The van der Waals surface area contributed by atoms with E-state index in [1.807, 2.05) is 31.2 Å². The van der Waals surface area contributed by atoms with E-state index in [0.717, 1.165) is 17.6 Å². The van der Waals surface area contributed by atoms with Gasteiger partial charge in [-0.05, 0) is 35.6 Å². The Bertz CT molecular complexity index is 448. The molecule has 20 heavy (non-hydrogen) atoms. The summed E-state index contributed by atoms with van der Waals surface area (Å²) in [6, 6.07) is 7.73. The highest BCUT2D eigenvalue weighted by Crippen LogP contribution is 2.18. The van der Waals surface area contributed by atoms with E-state index in [2.05, 4.69) is 13.2 Å². The molecule has 0 heterocycles. The fourth-order valence-corrected chi connectivity index (χ4v) is 1.77. The monoisotopic (exact) mass is 274 g/mol. The third-order valence-corrected chi connectivity index (χ3v) is 3.26. The number of allylic oxidation sites excluding steroid dienone is 1. The zero-order chi connectivity index (χ0) is 15.0. The number of ether oxygens (including phenoxy) is 2. The van der Waals surface area contributed by atoms with Crippen LogP contribution in [0.3, 0.4) is 0 Å². The summed E-state index contributed by atoms with van der Waals surface area (Å²) >= 11 is 0. The highest BCUT2D eigenvalue weighted by Gasteiger charge is 2.13. The third-order valence-electron chi connectivity index (χ3n) is 3.26. The zero-order valence-corrected chi connectivity index (χ0v) is 12.2. The summed E-state index contributed by atoms with van der Waals surface area (Å²) < 4.78 is 10.9. The molecule has 0 saturated heterocycles. The summed E-state index contributed by atoms with van der Waals surface area (Å²) in [4.78, 5) is 10.7. The zero-order valence-electron chi connectivity index (χ0n) is 12.2. The van der Waals surface area contributed by atoms with Gasteiger partial charge in [0.2, 0.25) is 0 Å². The Labute approximate surface area is 120 Å². The first-order valence-corrected chi connectivity index (χ1v) is 6.61. The molecule has 0 fully saturated rings. The number of carbonyl (C=O) groups excluding carboxylic acids is 1. The second-order valence-electron chi connectivity index (χ2n) is 4.76. The highest BCUT2D eigenvalue weighted by molar-refractivity contribution is 5.72. The lowest BCUT2D eigenvalue weighted by Crippen LogP contribution is -2.15. The van der Waals surface area contributed by atoms with Crippen LogP contribution < -0.4 is 4.74 Å². The van der Waals surface area contributed by atoms with Crippen LogP contribution in [0.25, 0.3) is 0 Å². The number of hydrogen-bond donors (Lipinski definition) is 0. The van der Waals surface area contributed by atoms with Gasteiger partial charge in [-0.1, -0.05) is 31.7 Å². The summed E-state index contributed by atoms with van der Waals surface area (Å²) in [5.41, 5.74) is 1.66. The van der Waals surface area contributed by atoms with E-state index in [1.54, 1.807) is 13.2 Å². The molecular weight excluding hydrogens is 252 g/mol. The Kier molecular flexibility index (Phi) is 6.74. The van der Waals surface area contributed by atoms with Crippen molar-refractivity contribution in [1.82, 2.24) is 0 Å². The molecule has 1 rings (SSSR count). The lowest BCUT2D eigenvalue weighted by Gasteiger charge is -2.18. The molecular formula is C17H22O3. The van der Waals surface area contributed by atoms with Crippen LogP contribution >= 0.6 is 0 Å². The number of hydrogen-bond acceptors (Lipinski definition) is 3. The molecule has 2 atom stereocenters. The molecule has 0 bridgehead atoms. The molecule has 1 aromatic carbocycles. The quantitative estimate of drug-likeness (QED) is 0.392. The standard InChI is InChI=1S/C17H22O3/c1-5-16(10-13(2)14(3)11-18)20-12-15-6-8-17(19-4)9-7-15/h5-9,11,13,16H,1,3,10,12H2,2,4H3/t13-,16-/m0/s1. The van der Waals surface area contributed by atoms with Crippen LogP contribution in [0.4, 0.5) is 0 Å². The van der Waals surface area contributed by atoms with Crippen LogP contribution in [0.2, 0.25) is 0 Å². The molecule has 0 amide bonds. The number of carbonyl (C=O) groups is 1. The first-order chi connectivity index (χ1) is 9.60. The van der Waals surface area contributed by atoms with Crippen molar-refractivity contribution in [3.05, 3.63) is 54.6 Å². The van der Waals surface area contributed by atoms with Crippen molar-refractivity contribution >= 4 is 6.29 Å². The lowest BCUT2D eigenvalue weighted by molar-refractivity contribution is -0.105. The van der Waals surface area contributed by atoms with Gasteiger partial charge in [0.1, 0.15) is 12.0 Å². The number of methoxy groups -OCH3 is 1. The summed E-state index contributed by atoms with van der Waals surface area (Å²) in [6.07, 6.45) is 3.17. The average molecular weight is 274 g/mol. The fourth-order valence-electron chi connectivity index (χ4n) is 1.77. The Hall–Kier alpha value is -1.87. The van der Waals surface area contributed by atoms with Crippen LogP contribution in [0.5, 0.6) is 5.75 Å². The summed E-state index contributed by atoms with van der Waals surface area (Å²) in [7, 11) is 1.64. The van der Waals surface area contributed by atoms with Gasteiger partial charge >= 0.3 is 0 Å². The molecule has 0 saturated carbocycles. The molecule has 0 radical (unpaired) electrons. The first-order valence-electron chi connectivity index (χ1n) is 6.61. The van der Waals surface area contributed by atoms with Crippen LogP contribution in [-0.2, 0) is 16.1 Å². The van der Waals surface area contributed by atoms with Gasteiger partial charge in [-0.2, -0.15) is 0 Å². The maximum atomic E-state index is 10.7. The smallest absolute Gasteiger partial charge is 0.145 e. The largest absolute Gasteiger partial charge is 0.497 e. The highest BCUT2D eigenvalue weighted by atomic mass is 16.5. The lowest BCUT2D eigenvalue weighted by atomic mass is 9.97. The summed E-state index contributed by atoms with van der Waals surface area (Å²) in [6.45, 7) is 9.97. The van der Waals surface area contributed by atoms with Gasteiger partial charge in [0, 0.05) is 0 Å². The van der Waals surface area contributed by atoms with Crippen LogP contribution in [0.15, 0.2) is 49.1 Å². The van der Waals surface area contributed by atoms with Crippen molar-refractivity contribution in [2.24, 2.45) is 5.92 Å². The molecule has 0 aliphatic carbocycles. The van der Waals surface area contributed by atoms with Crippen molar-refractivity contribution in [2.75, 3.05) is 7.11 Å². The normalized spacial score (nSPS) is 13.3. The first kappa shape index (κ1) is 16.2. The predicted octanol–water partition coefficient (Wildman–Crippen LogP) is 3.55. The molecule has 0 aromatic heterocycles. The van der Waals surface area contributed by atoms with Gasteiger partial charge < -0.3 is 9.47 Å². The molecule has 3 heteroatoms. The minimum atomic E-state index is -0.0937. The van der Waals surface area contributed by atoms with Crippen LogP contribution in [0, 0.1) is 5.92 Å². The van der Waals surface area contributed by atoms with E-state index in [9.17, 15) is 4.79 Å². The fraction of sp³-hybridized carbons (Fsp3) is 0.353. The van der Waals surface area contributed by atoms with Gasteiger partial charge in [0.15, 0.2) is 0 Å². The molecule has 0 aliphatic rings. The van der Waals surface area contributed by atoms with Gasteiger partial charge in [0.25, 0.3) is 0 Å². The molecule has 1 aromatic rings.